The summed E-state index contributed by atoms with van der Waals surface area (Å²) >= 11 is 6.07. The lowest BCUT2D eigenvalue weighted by Crippen LogP contribution is -2.26. The van der Waals surface area contributed by atoms with E-state index in [-0.39, 0.29) is 17.0 Å². The first-order valence-corrected chi connectivity index (χ1v) is 8.56. The van der Waals surface area contributed by atoms with Gasteiger partial charge in [-0.05, 0) is 29.8 Å². The number of sulfonamides is 1. The van der Waals surface area contributed by atoms with Gasteiger partial charge in [-0.2, -0.15) is 4.31 Å². The quantitative estimate of drug-likeness (QED) is 0.775. The largest absolute Gasteiger partial charge is 0.465 e. The number of esters is 1. The molecular weight excluding hydrogens is 338 g/mol. The third-order valence-corrected chi connectivity index (χ3v) is 5.48. The maximum absolute atomic E-state index is 12.6. The average molecular weight is 354 g/mol. The van der Waals surface area contributed by atoms with E-state index < -0.39 is 16.0 Å². The highest BCUT2D eigenvalue weighted by atomic mass is 35.5. The van der Waals surface area contributed by atoms with Crippen LogP contribution in [-0.2, 0) is 21.3 Å². The molecule has 0 aromatic heterocycles. The van der Waals surface area contributed by atoms with Crippen LogP contribution in [0.1, 0.15) is 15.9 Å². The number of halogens is 1. The zero-order chi connectivity index (χ0) is 17.0. The molecule has 7 heteroatoms. The number of hydrogen-bond acceptors (Lipinski definition) is 4. The molecule has 0 spiro atoms. The minimum Gasteiger partial charge on any atom is -0.465 e. The zero-order valence-corrected chi connectivity index (χ0v) is 14.3. The molecule has 0 radical (unpaired) electrons. The molecule has 122 valence electrons. The van der Waals surface area contributed by atoms with Crippen molar-refractivity contribution in [3.8, 4) is 0 Å². The molecule has 0 atom stereocenters. The first-order valence-electron chi connectivity index (χ1n) is 6.74. The molecule has 0 N–H and O–H groups in total. The number of hydrogen-bond donors (Lipinski definition) is 0. The average Bonchev–Trinajstić information content (AvgIpc) is 2.56. The zero-order valence-electron chi connectivity index (χ0n) is 12.7. The first-order chi connectivity index (χ1) is 10.9. The normalized spacial score (nSPS) is 11.5. The Morgan fingerprint density at radius 3 is 2.52 bits per heavy atom. The van der Waals surface area contributed by atoms with Gasteiger partial charge in [-0.3, -0.25) is 0 Å². The van der Waals surface area contributed by atoms with Crippen LogP contribution in [0.15, 0.2) is 53.4 Å². The summed E-state index contributed by atoms with van der Waals surface area (Å²) in [4.78, 5) is 11.6. The standard InChI is InChI=1S/C16H16ClNO4S/c1-18(11-13-6-3-4-9-15(13)17)23(20,21)14-8-5-7-12(10-14)16(19)22-2/h3-10H,11H2,1-2H3. The van der Waals surface area contributed by atoms with Gasteiger partial charge in [0, 0.05) is 18.6 Å². The van der Waals surface area contributed by atoms with E-state index in [0.717, 1.165) is 0 Å². The summed E-state index contributed by atoms with van der Waals surface area (Å²) in [6, 6.07) is 12.8. The lowest BCUT2D eigenvalue weighted by atomic mass is 10.2. The Kier molecular flexibility index (Phi) is 5.41. The Morgan fingerprint density at radius 2 is 1.87 bits per heavy atom. The van der Waals surface area contributed by atoms with Crippen LogP contribution in [0.25, 0.3) is 0 Å². The van der Waals surface area contributed by atoms with Gasteiger partial charge >= 0.3 is 5.97 Å². The highest BCUT2D eigenvalue weighted by molar-refractivity contribution is 7.89. The second-order valence-electron chi connectivity index (χ2n) is 4.87. The van der Waals surface area contributed by atoms with Crippen LogP contribution in [-0.4, -0.2) is 32.8 Å². The Labute approximate surface area is 140 Å². The van der Waals surface area contributed by atoms with E-state index in [4.69, 9.17) is 11.6 Å². The number of carbonyl (C=O) groups excluding carboxylic acids is 1. The second-order valence-corrected chi connectivity index (χ2v) is 7.32. The Hall–Kier alpha value is -1.89. The Morgan fingerprint density at radius 1 is 1.17 bits per heavy atom. The molecule has 0 heterocycles. The molecule has 0 aliphatic rings. The topological polar surface area (TPSA) is 63.7 Å². The number of carbonyl (C=O) groups is 1. The molecular formula is C16H16ClNO4S. The molecule has 0 saturated carbocycles. The third-order valence-electron chi connectivity index (χ3n) is 3.31. The summed E-state index contributed by atoms with van der Waals surface area (Å²) in [6.45, 7) is 0.129. The SMILES string of the molecule is COC(=O)c1cccc(S(=O)(=O)N(C)Cc2ccccc2Cl)c1. The van der Waals surface area contributed by atoms with Gasteiger partial charge in [0.2, 0.25) is 10.0 Å². The third kappa shape index (κ3) is 3.90. The molecule has 0 saturated heterocycles. The summed E-state index contributed by atoms with van der Waals surface area (Å²) in [5.41, 5.74) is 0.879. The first kappa shape index (κ1) is 17.5. The predicted molar refractivity (Wildman–Crippen MR) is 87.9 cm³/mol. The predicted octanol–water partition coefficient (Wildman–Crippen LogP) is 2.95. The maximum Gasteiger partial charge on any atom is 0.337 e. The molecule has 0 bridgehead atoms. The monoisotopic (exact) mass is 353 g/mol. The van der Waals surface area contributed by atoms with Crippen LogP contribution in [0.3, 0.4) is 0 Å². The fourth-order valence-corrected chi connectivity index (χ4v) is 3.42. The van der Waals surface area contributed by atoms with Crippen molar-refractivity contribution in [3.05, 3.63) is 64.7 Å². The van der Waals surface area contributed by atoms with Crippen LogP contribution >= 0.6 is 11.6 Å². The number of ether oxygens (including phenoxy) is 1. The highest BCUT2D eigenvalue weighted by Gasteiger charge is 2.22. The summed E-state index contributed by atoms with van der Waals surface area (Å²) < 4.78 is 31.1. The van der Waals surface area contributed by atoms with Crippen molar-refractivity contribution in [2.75, 3.05) is 14.2 Å². The fraction of sp³-hybridized carbons (Fsp3) is 0.188. The van der Waals surface area contributed by atoms with Crippen LogP contribution in [0.2, 0.25) is 5.02 Å². The van der Waals surface area contributed by atoms with E-state index in [1.54, 1.807) is 24.3 Å². The van der Waals surface area contributed by atoms with Crippen molar-refractivity contribution in [2.45, 2.75) is 11.4 Å². The second kappa shape index (κ2) is 7.12. The number of methoxy groups -OCH3 is 1. The number of benzene rings is 2. The van der Waals surface area contributed by atoms with Crippen molar-refractivity contribution in [3.63, 3.8) is 0 Å². The molecule has 0 aliphatic heterocycles. The fourth-order valence-electron chi connectivity index (χ4n) is 2.03. The summed E-state index contributed by atoms with van der Waals surface area (Å²) in [7, 11) is -1.05. The lowest BCUT2D eigenvalue weighted by molar-refractivity contribution is 0.0600. The van der Waals surface area contributed by atoms with E-state index in [1.165, 1.54) is 42.7 Å². The molecule has 23 heavy (non-hydrogen) atoms. The summed E-state index contributed by atoms with van der Waals surface area (Å²) in [6.07, 6.45) is 0. The van der Waals surface area contributed by atoms with E-state index >= 15 is 0 Å². The van der Waals surface area contributed by atoms with Crippen LogP contribution in [0, 0.1) is 0 Å². The van der Waals surface area contributed by atoms with Crippen molar-refractivity contribution in [1.82, 2.24) is 4.31 Å². The molecule has 5 nitrogen and oxygen atoms in total. The van der Waals surface area contributed by atoms with E-state index in [2.05, 4.69) is 4.74 Å². The molecule has 2 aromatic carbocycles. The molecule has 0 aliphatic carbocycles. The maximum atomic E-state index is 12.6. The summed E-state index contributed by atoms with van der Waals surface area (Å²) in [5, 5.41) is 0.498. The van der Waals surface area contributed by atoms with Gasteiger partial charge < -0.3 is 4.74 Å². The minimum atomic E-state index is -3.75. The summed E-state index contributed by atoms with van der Waals surface area (Å²) in [5.74, 6) is -0.587. The molecule has 0 fully saturated rings. The lowest BCUT2D eigenvalue weighted by Gasteiger charge is -2.18. The van der Waals surface area contributed by atoms with E-state index in [9.17, 15) is 13.2 Å². The Bertz CT molecular complexity index is 820. The van der Waals surface area contributed by atoms with Gasteiger partial charge in [-0.1, -0.05) is 35.9 Å². The molecule has 2 rings (SSSR count). The van der Waals surface area contributed by atoms with Gasteiger partial charge in [0.05, 0.1) is 17.6 Å². The van der Waals surface area contributed by atoms with Crippen molar-refractivity contribution >= 4 is 27.6 Å². The van der Waals surface area contributed by atoms with Crippen molar-refractivity contribution in [2.24, 2.45) is 0 Å². The van der Waals surface area contributed by atoms with Gasteiger partial charge in [0.15, 0.2) is 0 Å². The smallest absolute Gasteiger partial charge is 0.337 e. The molecule has 2 aromatic rings. The van der Waals surface area contributed by atoms with Gasteiger partial charge in [0.25, 0.3) is 0 Å². The molecule has 0 amide bonds. The van der Waals surface area contributed by atoms with Crippen LogP contribution in [0.4, 0.5) is 0 Å². The Balaban J connectivity index is 2.31. The minimum absolute atomic E-state index is 0.0231. The van der Waals surface area contributed by atoms with E-state index in [1.807, 2.05) is 0 Å². The van der Waals surface area contributed by atoms with Gasteiger partial charge in [0.1, 0.15) is 0 Å². The van der Waals surface area contributed by atoms with Gasteiger partial charge in [-0.15, -0.1) is 0 Å². The van der Waals surface area contributed by atoms with E-state index in [0.29, 0.717) is 10.6 Å². The van der Waals surface area contributed by atoms with Gasteiger partial charge in [-0.25, -0.2) is 13.2 Å². The van der Waals surface area contributed by atoms with Crippen molar-refractivity contribution < 1.29 is 17.9 Å². The number of rotatable bonds is 5. The van der Waals surface area contributed by atoms with Crippen molar-refractivity contribution in [1.29, 1.82) is 0 Å². The molecule has 0 unspecified atom stereocenters. The number of nitrogens with zero attached hydrogens (tertiary/aromatic N) is 1. The van der Waals surface area contributed by atoms with Crippen LogP contribution in [0.5, 0.6) is 0 Å². The highest BCUT2D eigenvalue weighted by Crippen LogP contribution is 2.21. The van der Waals surface area contributed by atoms with Crippen LogP contribution < -0.4 is 0 Å².